The van der Waals surface area contributed by atoms with Crippen LogP contribution in [-0.4, -0.2) is 37.0 Å². The van der Waals surface area contributed by atoms with Crippen LogP contribution in [0, 0.1) is 0 Å². The third-order valence-corrected chi connectivity index (χ3v) is 3.70. The van der Waals surface area contributed by atoms with Crippen LogP contribution in [0.25, 0.3) is 0 Å². The van der Waals surface area contributed by atoms with E-state index >= 15 is 0 Å². The van der Waals surface area contributed by atoms with Gasteiger partial charge in [-0.3, -0.25) is 9.05 Å². The van der Waals surface area contributed by atoms with Gasteiger partial charge in [0.2, 0.25) is 6.79 Å². The highest BCUT2D eigenvalue weighted by atomic mass is 31.2. The zero-order chi connectivity index (χ0) is 18.3. The van der Waals surface area contributed by atoms with Gasteiger partial charge in [0.25, 0.3) is 0 Å². The van der Waals surface area contributed by atoms with Crippen molar-refractivity contribution in [3.63, 3.8) is 0 Å². The first-order valence-corrected chi connectivity index (χ1v) is 8.31. The zero-order valence-corrected chi connectivity index (χ0v) is 15.5. The Hall–Kier alpha value is -1.21. The van der Waals surface area contributed by atoms with Crippen LogP contribution in [0.5, 0.6) is 0 Å². The summed E-state index contributed by atoms with van der Waals surface area (Å²) in [6.07, 6.45) is 1.74. The Bertz CT molecular complexity index is 464. The number of hydrogen-bond acceptors (Lipinski definition) is 8. The van der Waals surface area contributed by atoms with Crippen molar-refractivity contribution >= 4 is 19.8 Å². The monoisotopic (exact) mass is 352 g/mol. The number of carbonyl (C=O) groups is 2. The lowest BCUT2D eigenvalue weighted by Gasteiger charge is -2.30. The molecule has 8 nitrogen and oxygen atoms in total. The summed E-state index contributed by atoms with van der Waals surface area (Å²) in [5.74, 6) is -1.57. The largest absolute Gasteiger partial charge is 0.478 e. The molecule has 0 aromatic heterocycles. The molecule has 0 unspecified atom stereocenters. The second-order valence-corrected chi connectivity index (χ2v) is 7.94. The number of hydrogen-bond donors (Lipinski definition) is 0. The third kappa shape index (κ3) is 11.9. The van der Waals surface area contributed by atoms with Gasteiger partial charge in [-0.05, 0) is 41.5 Å². The Morgan fingerprint density at radius 2 is 1.35 bits per heavy atom. The number of phosphoric acid groups is 1. The number of ether oxygens (including phenoxy) is 2. The summed E-state index contributed by atoms with van der Waals surface area (Å²) in [6, 6.07) is 0. The van der Waals surface area contributed by atoms with E-state index < -0.39 is 37.8 Å². The molecule has 0 saturated carbocycles. The number of phosphoric ester groups is 1. The number of carbonyl (C=O) groups excluding carboxylic acids is 2. The molecule has 0 aromatic carbocycles. The lowest BCUT2D eigenvalue weighted by Crippen LogP contribution is -2.25. The smallest absolute Gasteiger partial charge is 0.466 e. The molecule has 0 aromatic rings. The molecule has 0 heterocycles. The van der Waals surface area contributed by atoms with Crippen LogP contribution in [0.3, 0.4) is 0 Å². The fourth-order valence-corrected chi connectivity index (χ4v) is 2.81. The molecule has 9 heteroatoms. The highest BCUT2D eigenvalue weighted by molar-refractivity contribution is 7.48. The topological polar surface area (TPSA) is 97.4 Å². The van der Waals surface area contributed by atoms with Gasteiger partial charge in [-0.15, -0.1) is 0 Å². The summed E-state index contributed by atoms with van der Waals surface area (Å²) in [5, 5.41) is 0. The zero-order valence-electron chi connectivity index (χ0n) is 14.6. The number of methoxy groups -OCH3 is 1. The highest BCUT2D eigenvalue weighted by Crippen LogP contribution is 2.55. The summed E-state index contributed by atoms with van der Waals surface area (Å²) in [6.45, 7) is 9.43. The molecule has 0 aliphatic carbocycles. The third-order valence-electron chi connectivity index (χ3n) is 1.74. The van der Waals surface area contributed by atoms with E-state index in [1.54, 1.807) is 41.5 Å². The van der Waals surface area contributed by atoms with Crippen LogP contribution < -0.4 is 0 Å². The van der Waals surface area contributed by atoms with Gasteiger partial charge in [0.05, 0.1) is 18.3 Å². The van der Waals surface area contributed by atoms with Gasteiger partial charge in [-0.25, -0.2) is 18.7 Å². The van der Waals surface area contributed by atoms with Gasteiger partial charge < -0.3 is 9.47 Å². The quantitative estimate of drug-likeness (QED) is 0.298. The molecule has 0 spiro atoms. The molecule has 0 rings (SSSR count). The van der Waals surface area contributed by atoms with Crippen LogP contribution in [-0.2, 0) is 37.2 Å². The molecular weight excluding hydrogens is 327 g/mol. The van der Waals surface area contributed by atoms with E-state index in [-0.39, 0.29) is 0 Å². The molecule has 0 radical (unpaired) electrons. The molecule has 0 atom stereocenters. The summed E-state index contributed by atoms with van der Waals surface area (Å²) >= 11 is 0. The summed E-state index contributed by atoms with van der Waals surface area (Å²) in [7, 11) is -2.78. The maximum Gasteiger partial charge on any atom is 0.478 e. The highest BCUT2D eigenvalue weighted by Gasteiger charge is 2.37. The predicted molar refractivity (Wildman–Crippen MR) is 82.5 cm³/mol. The first-order valence-electron chi connectivity index (χ1n) is 6.85. The fourth-order valence-electron chi connectivity index (χ4n) is 1.14. The van der Waals surface area contributed by atoms with E-state index in [9.17, 15) is 14.2 Å². The second kappa shape index (κ2) is 8.59. The molecule has 0 N–H and O–H groups in total. The van der Waals surface area contributed by atoms with Gasteiger partial charge in [-0.1, -0.05) is 0 Å². The van der Waals surface area contributed by atoms with Crippen LogP contribution in [0.2, 0.25) is 0 Å². The standard InChI is InChI=1S/C14H25O8P/c1-13(2,3)21-23(17,22-14(4,5)6)20-10-19-12(16)9-8-11(15)18-7/h8-9H,10H2,1-7H3. The van der Waals surface area contributed by atoms with Gasteiger partial charge in [-0.2, -0.15) is 0 Å². The Morgan fingerprint density at radius 1 is 0.913 bits per heavy atom. The Labute approximate surface area is 136 Å². The predicted octanol–water partition coefficient (Wildman–Crippen LogP) is 2.97. The molecule has 0 amide bonds. The van der Waals surface area contributed by atoms with Gasteiger partial charge in [0.15, 0.2) is 0 Å². The van der Waals surface area contributed by atoms with E-state index in [4.69, 9.17) is 13.6 Å². The van der Waals surface area contributed by atoms with Crippen molar-refractivity contribution in [3.05, 3.63) is 12.2 Å². The molecule has 23 heavy (non-hydrogen) atoms. The van der Waals surface area contributed by atoms with Crippen LogP contribution >= 0.6 is 7.82 Å². The first kappa shape index (κ1) is 21.8. The average Bonchev–Trinajstić information content (AvgIpc) is 2.30. The van der Waals surface area contributed by atoms with E-state index in [0.717, 1.165) is 12.2 Å². The van der Waals surface area contributed by atoms with Gasteiger partial charge in [0.1, 0.15) is 0 Å². The van der Waals surface area contributed by atoms with Crippen LogP contribution in [0.15, 0.2) is 12.2 Å². The molecule has 0 fully saturated rings. The van der Waals surface area contributed by atoms with Gasteiger partial charge >= 0.3 is 19.8 Å². The molecule has 0 bridgehead atoms. The van der Waals surface area contributed by atoms with Gasteiger partial charge in [0, 0.05) is 12.2 Å². The van der Waals surface area contributed by atoms with E-state index in [1.165, 1.54) is 7.11 Å². The van der Waals surface area contributed by atoms with E-state index in [0.29, 0.717) is 0 Å². The van der Waals surface area contributed by atoms with Crippen LogP contribution in [0.4, 0.5) is 0 Å². The van der Waals surface area contributed by atoms with Crippen LogP contribution in [0.1, 0.15) is 41.5 Å². The van der Waals surface area contributed by atoms with Crippen molar-refractivity contribution < 1.29 is 37.2 Å². The van der Waals surface area contributed by atoms with Crippen molar-refractivity contribution in [2.24, 2.45) is 0 Å². The second-order valence-electron chi connectivity index (χ2n) is 6.42. The molecule has 0 saturated heterocycles. The van der Waals surface area contributed by atoms with E-state index in [2.05, 4.69) is 9.47 Å². The summed E-state index contributed by atoms with van der Waals surface area (Å²) in [5.41, 5.74) is -1.59. The fraction of sp³-hybridized carbons (Fsp3) is 0.714. The molecular formula is C14H25O8P. The van der Waals surface area contributed by atoms with Crippen molar-refractivity contribution in [3.8, 4) is 0 Å². The Kier molecular flexibility index (Phi) is 8.14. The average molecular weight is 352 g/mol. The minimum atomic E-state index is -3.96. The molecule has 0 aliphatic heterocycles. The maximum absolute atomic E-state index is 12.6. The minimum Gasteiger partial charge on any atom is -0.466 e. The lowest BCUT2D eigenvalue weighted by molar-refractivity contribution is -0.146. The first-order chi connectivity index (χ1) is 10.3. The molecule has 0 aliphatic rings. The summed E-state index contributed by atoms with van der Waals surface area (Å²) < 4.78 is 37.2. The Morgan fingerprint density at radius 3 is 1.74 bits per heavy atom. The number of esters is 2. The van der Waals surface area contributed by atoms with Crippen molar-refractivity contribution in [1.29, 1.82) is 0 Å². The lowest BCUT2D eigenvalue weighted by atomic mass is 10.2. The maximum atomic E-state index is 12.6. The SMILES string of the molecule is COC(=O)C=CC(=O)OCOP(=O)(OC(C)(C)C)OC(C)(C)C. The van der Waals surface area contributed by atoms with E-state index in [1.807, 2.05) is 0 Å². The normalized spacial score (nSPS) is 13.2. The number of rotatable bonds is 7. The van der Waals surface area contributed by atoms with Crippen molar-refractivity contribution in [2.75, 3.05) is 13.9 Å². The minimum absolute atomic E-state index is 0.659. The van der Waals surface area contributed by atoms with Crippen molar-refractivity contribution in [1.82, 2.24) is 0 Å². The Balaban J connectivity index is 4.69. The summed E-state index contributed by atoms with van der Waals surface area (Å²) in [4.78, 5) is 22.2. The van der Waals surface area contributed by atoms with Crippen molar-refractivity contribution in [2.45, 2.75) is 52.7 Å². The molecule has 134 valence electrons.